The Morgan fingerprint density at radius 3 is 3.08 bits per heavy atom. The van der Waals surface area contributed by atoms with E-state index in [1.807, 2.05) is 17.5 Å². The molecule has 0 fully saturated rings. The number of fused-ring (bicyclic) bond motifs is 1. The summed E-state index contributed by atoms with van der Waals surface area (Å²) in [6.45, 7) is 0. The zero-order chi connectivity index (χ0) is 17.2. The van der Waals surface area contributed by atoms with Crippen molar-refractivity contribution in [3.05, 3.63) is 41.5 Å². The molecule has 0 atom stereocenters. The number of amides is 1. The Balaban J connectivity index is 1.37. The second-order valence-corrected chi connectivity index (χ2v) is 7.72. The van der Waals surface area contributed by atoms with Crippen molar-refractivity contribution in [1.82, 2.24) is 15.2 Å². The summed E-state index contributed by atoms with van der Waals surface area (Å²) in [5.41, 5.74) is 0.645. The first-order valence-electron chi connectivity index (χ1n) is 7.03. The van der Waals surface area contributed by atoms with E-state index < -0.39 is 0 Å². The van der Waals surface area contributed by atoms with Crippen LogP contribution in [0.2, 0.25) is 0 Å². The van der Waals surface area contributed by atoms with Crippen molar-refractivity contribution in [1.29, 1.82) is 0 Å². The smallest absolute Gasteiger partial charge is 0.277 e. The number of thiophene rings is 1. The number of thioether (sulfide) groups is 1. The molecular formula is C15H9FN4O2S3. The van der Waals surface area contributed by atoms with Gasteiger partial charge in [0.15, 0.2) is 5.13 Å². The lowest BCUT2D eigenvalue weighted by Crippen LogP contribution is -2.13. The van der Waals surface area contributed by atoms with Crippen molar-refractivity contribution < 1.29 is 13.6 Å². The first kappa shape index (κ1) is 16.2. The maximum absolute atomic E-state index is 13.2. The van der Waals surface area contributed by atoms with Gasteiger partial charge in [-0.1, -0.05) is 29.2 Å². The molecule has 3 aromatic heterocycles. The number of carbonyl (C=O) groups is 1. The van der Waals surface area contributed by atoms with Crippen LogP contribution in [0.1, 0.15) is 0 Å². The van der Waals surface area contributed by atoms with Gasteiger partial charge < -0.3 is 9.73 Å². The molecule has 4 aromatic rings. The van der Waals surface area contributed by atoms with E-state index in [0.29, 0.717) is 26.5 Å². The van der Waals surface area contributed by atoms with Gasteiger partial charge in [-0.15, -0.1) is 21.5 Å². The number of benzene rings is 1. The highest BCUT2D eigenvalue weighted by Gasteiger charge is 2.13. The number of anilines is 1. The second kappa shape index (κ2) is 6.90. The summed E-state index contributed by atoms with van der Waals surface area (Å²) in [4.78, 5) is 17.2. The summed E-state index contributed by atoms with van der Waals surface area (Å²) in [7, 11) is 0. The molecule has 1 aromatic carbocycles. The summed E-state index contributed by atoms with van der Waals surface area (Å²) < 4.78 is 19.4. The van der Waals surface area contributed by atoms with Crippen LogP contribution in [-0.4, -0.2) is 26.8 Å². The lowest BCUT2D eigenvalue weighted by molar-refractivity contribution is -0.113. The van der Waals surface area contributed by atoms with Crippen molar-refractivity contribution in [3.63, 3.8) is 0 Å². The van der Waals surface area contributed by atoms with Gasteiger partial charge >= 0.3 is 0 Å². The maximum Gasteiger partial charge on any atom is 0.277 e. The molecule has 126 valence electrons. The molecule has 0 saturated carbocycles. The monoisotopic (exact) mass is 392 g/mol. The number of halogens is 1. The molecule has 1 N–H and O–H groups in total. The Morgan fingerprint density at radius 2 is 2.24 bits per heavy atom. The predicted octanol–water partition coefficient (Wildman–Crippen LogP) is 4.28. The van der Waals surface area contributed by atoms with Crippen LogP contribution in [0.15, 0.2) is 45.4 Å². The summed E-state index contributed by atoms with van der Waals surface area (Å²) in [6.07, 6.45) is 0. The maximum atomic E-state index is 13.2. The molecule has 4 rings (SSSR count). The van der Waals surface area contributed by atoms with Crippen molar-refractivity contribution >= 4 is 55.7 Å². The van der Waals surface area contributed by atoms with Crippen molar-refractivity contribution in [2.24, 2.45) is 0 Å². The molecule has 0 aliphatic carbocycles. The minimum absolute atomic E-state index is 0.108. The van der Waals surface area contributed by atoms with Crippen LogP contribution in [0.3, 0.4) is 0 Å². The molecule has 3 heterocycles. The van der Waals surface area contributed by atoms with E-state index in [4.69, 9.17) is 4.42 Å². The zero-order valence-electron chi connectivity index (χ0n) is 12.4. The molecule has 0 aliphatic heterocycles. The van der Waals surface area contributed by atoms with E-state index in [-0.39, 0.29) is 17.5 Å². The molecule has 10 heteroatoms. The van der Waals surface area contributed by atoms with Gasteiger partial charge in [-0.05, 0) is 29.6 Å². The zero-order valence-corrected chi connectivity index (χ0v) is 14.9. The molecule has 6 nitrogen and oxygen atoms in total. The average Bonchev–Trinajstić information content (AvgIpc) is 3.32. The fourth-order valence-corrected chi connectivity index (χ4v) is 4.12. The van der Waals surface area contributed by atoms with Gasteiger partial charge in [0.2, 0.25) is 5.91 Å². The summed E-state index contributed by atoms with van der Waals surface area (Å²) in [5, 5.41) is 13.2. The van der Waals surface area contributed by atoms with Crippen LogP contribution in [0.25, 0.3) is 21.0 Å². The Kier molecular flexibility index (Phi) is 4.47. The van der Waals surface area contributed by atoms with E-state index in [2.05, 4.69) is 20.5 Å². The normalized spacial score (nSPS) is 11.1. The van der Waals surface area contributed by atoms with Crippen molar-refractivity contribution in [2.75, 3.05) is 11.1 Å². The van der Waals surface area contributed by atoms with Crippen LogP contribution in [-0.2, 0) is 4.79 Å². The van der Waals surface area contributed by atoms with Crippen molar-refractivity contribution in [3.8, 4) is 10.8 Å². The fraction of sp³-hybridized carbons (Fsp3) is 0.0667. The van der Waals surface area contributed by atoms with E-state index in [1.54, 1.807) is 6.07 Å². The number of rotatable bonds is 5. The predicted molar refractivity (Wildman–Crippen MR) is 96.5 cm³/mol. The molecule has 0 aliphatic rings. The van der Waals surface area contributed by atoms with E-state index >= 15 is 0 Å². The quantitative estimate of drug-likeness (QED) is 0.511. The number of hydrogen-bond donors (Lipinski definition) is 1. The lowest BCUT2D eigenvalue weighted by atomic mass is 10.3. The third-order valence-corrected chi connectivity index (χ3v) is 5.67. The minimum Gasteiger partial charge on any atom is -0.410 e. The molecule has 0 bridgehead atoms. The molecule has 1 amide bonds. The SMILES string of the molecule is O=C(CSc1nnc(-c2cccs2)o1)Nc1nc2ccc(F)cc2s1. The van der Waals surface area contributed by atoms with Gasteiger partial charge in [0.1, 0.15) is 5.82 Å². The van der Waals surface area contributed by atoms with Gasteiger partial charge in [0.05, 0.1) is 20.8 Å². The van der Waals surface area contributed by atoms with Crippen LogP contribution in [0.5, 0.6) is 0 Å². The number of thiazole rings is 1. The van der Waals surface area contributed by atoms with Crippen molar-refractivity contribution in [2.45, 2.75) is 5.22 Å². The number of aromatic nitrogens is 3. The second-order valence-electron chi connectivity index (χ2n) is 4.82. The summed E-state index contributed by atoms with van der Waals surface area (Å²) in [6, 6.07) is 8.09. The first-order chi connectivity index (χ1) is 12.2. The van der Waals surface area contributed by atoms with Crippen LogP contribution in [0, 0.1) is 5.82 Å². The molecule has 0 saturated heterocycles. The van der Waals surface area contributed by atoms with Gasteiger partial charge in [0, 0.05) is 0 Å². The third kappa shape index (κ3) is 3.70. The highest BCUT2D eigenvalue weighted by Crippen LogP contribution is 2.28. The van der Waals surface area contributed by atoms with E-state index in [0.717, 1.165) is 16.6 Å². The Bertz CT molecular complexity index is 1030. The average molecular weight is 392 g/mol. The minimum atomic E-state index is -0.331. The Morgan fingerprint density at radius 1 is 1.32 bits per heavy atom. The highest BCUT2D eigenvalue weighted by atomic mass is 32.2. The number of hydrogen-bond acceptors (Lipinski definition) is 8. The van der Waals surface area contributed by atoms with Crippen LogP contribution >= 0.6 is 34.4 Å². The first-order valence-corrected chi connectivity index (χ1v) is 9.72. The topological polar surface area (TPSA) is 80.9 Å². The highest BCUT2D eigenvalue weighted by molar-refractivity contribution is 7.99. The fourth-order valence-electron chi connectivity index (χ4n) is 2.00. The third-order valence-electron chi connectivity index (χ3n) is 3.06. The van der Waals surface area contributed by atoms with E-state index in [9.17, 15) is 9.18 Å². The summed E-state index contributed by atoms with van der Waals surface area (Å²) in [5.74, 6) is -0.0369. The van der Waals surface area contributed by atoms with Gasteiger partial charge in [-0.25, -0.2) is 9.37 Å². The number of nitrogens with zero attached hydrogens (tertiary/aromatic N) is 3. The standard InChI is InChI=1S/C15H9FN4O2S3/c16-8-3-4-9-11(6-8)25-14(17-9)18-12(21)7-24-15-20-19-13(22-15)10-2-1-5-23-10/h1-6H,7H2,(H,17,18,21). The Labute approximate surface area is 153 Å². The molecule has 0 unspecified atom stereocenters. The Hall–Kier alpha value is -2.30. The van der Waals surface area contributed by atoms with Crippen LogP contribution in [0.4, 0.5) is 9.52 Å². The van der Waals surface area contributed by atoms with Gasteiger partial charge in [-0.3, -0.25) is 4.79 Å². The molecule has 25 heavy (non-hydrogen) atoms. The molecule has 0 radical (unpaired) electrons. The van der Waals surface area contributed by atoms with Crippen LogP contribution < -0.4 is 5.32 Å². The summed E-state index contributed by atoms with van der Waals surface area (Å²) >= 11 is 3.87. The van der Waals surface area contributed by atoms with Gasteiger partial charge in [-0.2, -0.15) is 0 Å². The van der Waals surface area contributed by atoms with E-state index in [1.165, 1.54) is 34.8 Å². The molecular weight excluding hydrogens is 383 g/mol. The number of carbonyl (C=O) groups excluding carboxylic acids is 1. The largest absolute Gasteiger partial charge is 0.410 e. The number of nitrogens with one attached hydrogen (secondary N) is 1. The lowest BCUT2D eigenvalue weighted by Gasteiger charge is -1.98. The molecule has 0 spiro atoms. The van der Waals surface area contributed by atoms with Gasteiger partial charge in [0.25, 0.3) is 11.1 Å².